The van der Waals surface area contributed by atoms with Gasteiger partial charge in [0.05, 0.1) is 12.8 Å². The molecule has 3 rings (SSSR count). The number of rotatable bonds is 4. The van der Waals surface area contributed by atoms with Gasteiger partial charge in [0.2, 0.25) is 0 Å². The molecule has 0 unspecified atom stereocenters. The summed E-state index contributed by atoms with van der Waals surface area (Å²) in [5, 5.41) is 2.42. The fraction of sp³-hybridized carbons (Fsp3) is 0.0500. The number of thiocarbonyl (C=S) groups is 1. The van der Waals surface area contributed by atoms with Crippen molar-refractivity contribution >= 4 is 40.9 Å². The number of nitrogens with zero attached hydrogens (tertiary/aromatic N) is 1. The Labute approximate surface area is 160 Å². The zero-order valence-electron chi connectivity index (χ0n) is 14.3. The number of methoxy groups -OCH3 is 1. The summed E-state index contributed by atoms with van der Waals surface area (Å²) >= 11 is 5.08. The van der Waals surface area contributed by atoms with E-state index in [4.69, 9.17) is 17.0 Å². The molecule has 0 aliphatic carbocycles. The lowest BCUT2D eigenvalue weighted by Crippen LogP contribution is -2.54. The van der Waals surface area contributed by atoms with Crippen molar-refractivity contribution < 1.29 is 18.7 Å². The Morgan fingerprint density at radius 2 is 1.74 bits per heavy atom. The van der Waals surface area contributed by atoms with Crippen LogP contribution in [0.5, 0.6) is 5.75 Å². The quantitative estimate of drug-likeness (QED) is 0.501. The summed E-state index contributed by atoms with van der Waals surface area (Å²) in [7, 11) is 1.58. The van der Waals surface area contributed by atoms with Crippen molar-refractivity contribution in [3.63, 3.8) is 0 Å². The van der Waals surface area contributed by atoms with Gasteiger partial charge in [0.1, 0.15) is 17.1 Å². The third-order valence-corrected chi connectivity index (χ3v) is 4.14. The summed E-state index contributed by atoms with van der Waals surface area (Å²) in [6.45, 7) is 0. The van der Waals surface area contributed by atoms with Crippen LogP contribution in [-0.4, -0.2) is 24.0 Å². The zero-order chi connectivity index (χ0) is 19.4. The third kappa shape index (κ3) is 4.09. The summed E-state index contributed by atoms with van der Waals surface area (Å²) < 4.78 is 18.2. The molecular weight excluding hydrogens is 367 g/mol. The number of nitrogens with one attached hydrogen (secondary N) is 1. The second kappa shape index (κ2) is 7.92. The molecule has 1 fully saturated rings. The predicted octanol–water partition coefficient (Wildman–Crippen LogP) is 3.22. The molecule has 0 aromatic heterocycles. The van der Waals surface area contributed by atoms with E-state index in [0.29, 0.717) is 5.69 Å². The van der Waals surface area contributed by atoms with E-state index in [2.05, 4.69) is 5.32 Å². The van der Waals surface area contributed by atoms with Crippen molar-refractivity contribution in [1.29, 1.82) is 0 Å². The number of carbonyl (C=O) groups excluding carboxylic acids is 2. The van der Waals surface area contributed by atoms with Gasteiger partial charge < -0.3 is 4.74 Å². The second-order valence-corrected chi connectivity index (χ2v) is 5.98. The Hall–Kier alpha value is -3.32. The third-order valence-electron chi connectivity index (χ3n) is 3.85. The highest BCUT2D eigenvalue weighted by Gasteiger charge is 2.34. The lowest BCUT2D eigenvalue weighted by atomic mass is 10.1. The Bertz CT molecular complexity index is 950. The predicted molar refractivity (Wildman–Crippen MR) is 105 cm³/mol. The molecule has 0 radical (unpaired) electrons. The van der Waals surface area contributed by atoms with Crippen LogP contribution in [0.4, 0.5) is 10.1 Å². The minimum absolute atomic E-state index is 0.0482. The maximum Gasteiger partial charge on any atom is 0.270 e. The zero-order valence-corrected chi connectivity index (χ0v) is 15.1. The average molecular weight is 382 g/mol. The van der Waals surface area contributed by atoms with Crippen LogP contribution in [0, 0.1) is 5.82 Å². The standard InChI is InChI=1S/C20H15FN2O3S/c1-26-16-11-5-13(6-12-16)3-2-4-17-18(24)22-20(27)23(19(17)25)15-9-7-14(21)8-10-15/h2-12H,1H3,(H,22,24,27). The highest BCUT2D eigenvalue weighted by molar-refractivity contribution is 7.80. The van der Waals surface area contributed by atoms with Crippen molar-refractivity contribution in [2.45, 2.75) is 0 Å². The smallest absolute Gasteiger partial charge is 0.270 e. The van der Waals surface area contributed by atoms with Crippen molar-refractivity contribution in [1.82, 2.24) is 5.32 Å². The molecule has 1 heterocycles. The van der Waals surface area contributed by atoms with Crippen molar-refractivity contribution in [2.75, 3.05) is 12.0 Å². The van der Waals surface area contributed by atoms with Gasteiger partial charge in [-0.2, -0.15) is 0 Å². The maximum atomic E-state index is 13.1. The van der Waals surface area contributed by atoms with E-state index in [1.807, 2.05) is 12.1 Å². The van der Waals surface area contributed by atoms with Crippen LogP contribution in [0.2, 0.25) is 0 Å². The summed E-state index contributed by atoms with van der Waals surface area (Å²) in [4.78, 5) is 26.0. The van der Waals surface area contributed by atoms with Crippen LogP contribution in [0.15, 0.2) is 66.3 Å². The number of amides is 2. The first-order valence-electron chi connectivity index (χ1n) is 7.97. The normalized spacial score (nSPS) is 16.1. The van der Waals surface area contributed by atoms with Gasteiger partial charge in [0.15, 0.2) is 5.11 Å². The van der Waals surface area contributed by atoms with Crippen LogP contribution in [0.25, 0.3) is 6.08 Å². The lowest BCUT2D eigenvalue weighted by Gasteiger charge is -2.28. The molecule has 2 amide bonds. The van der Waals surface area contributed by atoms with Crippen molar-refractivity contribution in [3.05, 3.63) is 77.6 Å². The maximum absolute atomic E-state index is 13.1. The molecule has 5 nitrogen and oxygen atoms in total. The van der Waals surface area contributed by atoms with Gasteiger partial charge in [-0.15, -0.1) is 0 Å². The molecule has 136 valence electrons. The van der Waals surface area contributed by atoms with E-state index < -0.39 is 17.6 Å². The van der Waals surface area contributed by atoms with Gasteiger partial charge in [0.25, 0.3) is 11.8 Å². The van der Waals surface area contributed by atoms with Gasteiger partial charge in [0, 0.05) is 0 Å². The summed E-state index contributed by atoms with van der Waals surface area (Å²) in [6.07, 6.45) is 4.77. The molecule has 0 saturated carbocycles. The van der Waals surface area contributed by atoms with E-state index in [-0.39, 0.29) is 10.7 Å². The molecule has 2 aromatic rings. The van der Waals surface area contributed by atoms with Crippen LogP contribution in [-0.2, 0) is 9.59 Å². The largest absolute Gasteiger partial charge is 0.497 e. The van der Waals surface area contributed by atoms with E-state index in [9.17, 15) is 14.0 Å². The van der Waals surface area contributed by atoms with E-state index in [1.165, 1.54) is 30.3 Å². The van der Waals surface area contributed by atoms with Gasteiger partial charge in [-0.1, -0.05) is 24.3 Å². The molecular formula is C20H15FN2O3S. The first-order valence-corrected chi connectivity index (χ1v) is 8.38. The number of hydrogen-bond acceptors (Lipinski definition) is 4. The number of anilines is 1. The number of allylic oxidation sites excluding steroid dienone is 2. The molecule has 1 N–H and O–H groups in total. The average Bonchev–Trinajstić information content (AvgIpc) is 2.66. The van der Waals surface area contributed by atoms with E-state index in [1.54, 1.807) is 31.4 Å². The van der Waals surface area contributed by atoms with E-state index >= 15 is 0 Å². The number of benzene rings is 2. The molecule has 1 aliphatic heterocycles. The fourth-order valence-corrected chi connectivity index (χ4v) is 2.75. The molecule has 2 aromatic carbocycles. The van der Waals surface area contributed by atoms with Gasteiger partial charge >= 0.3 is 0 Å². The van der Waals surface area contributed by atoms with Crippen molar-refractivity contribution in [2.24, 2.45) is 0 Å². The highest BCUT2D eigenvalue weighted by Crippen LogP contribution is 2.21. The molecule has 27 heavy (non-hydrogen) atoms. The fourth-order valence-electron chi connectivity index (χ4n) is 2.47. The number of carbonyl (C=O) groups is 2. The van der Waals surface area contributed by atoms with E-state index in [0.717, 1.165) is 16.2 Å². The minimum Gasteiger partial charge on any atom is -0.497 e. The summed E-state index contributed by atoms with van der Waals surface area (Å²) in [6, 6.07) is 12.6. The Kier molecular flexibility index (Phi) is 5.42. The topological polar surface area (TPSA) is 58.6 Å². The number of halogens is 1. The first kappa shape index (κ1) is 18.5. The lowest BCUT2D eigenvalue weighted by molar-refractivity contribution is -0.122. The molecule has 1 aliphatic rings. The van der Waals surface area contributed by atoms with Crippen LogP contribution in [0.1, 0.15) is 5.56 Å². The van der Waals surface area contributed by atoms with Crippen molar-refractivity contribution in [3.8, 4) is 5.75 Å². The minimum atomic E-state index is -0.581. The van der Waals surface area contributed by atoms with Gasteiger partial charge in [-0.05, 0) is 60.3 Å². The molecule has 0 atom stereocenters. The second-order valence-electron chi connectivity index (χ2n) is 5.59. The van der Waals surface area contributed by atoms with Crippen LogP contribution < -0.4 is 15.0 Å². The van der Waals surface area contributed by atoms with Gasteiger partial charge in [-0.3, -0.25) is 19.8 Å². The summed E-state index contributed by atoms with van der Waals surface area (Å²) in [5.41, 5.74) is 1.18. The molecule has 0 spiro atoms. The monoisotopic (exact) mass is 382 g/mol. The first-order chi connectivity index (χ1) is 13.0. The molecule has 1 saturated heterocycles. The van der Waals surface area contributed by atoms with Gasteiger partial charge in [-0.25, -0.2) is 4.39 Å². The van der Waals surface area contributed by atoms with Crippen LogP contribution in [0.3, 0.4) is 0 Å². The Balaban J connectivity index is 1.84. The summed E-state index contributed by atoms with van der Waals surface area (Å²) in [5.74, 6) is -0.857. The molecule has 0 bridgehead atoms. The Morgan fingerprint density at radius 3 is 2.37 bits per heavy atom. The molecule has 7 heteroatoms. The van der Waals surface area contributed by atoms with Crippen LogP contribution >= 0.6 is 12.2 Å². The number of hydrogen-bond donors (Lipinski definition) is 1. The SMILES string of the molecule is COc1ccc(C=CC=C2C(=O)NC(=S)N(c3ccc(F)cc3)C2=O)cc1. The Morgan fingerprint density at radius 1 is 1.07 bits per heavy atom. The highest BCUT2D eigenvalue weighted by atomic mass is 32.1. The number of ether oxygens (including phenoxy) is 1.